The Labute approximate surface area is 167 Å². The number of benzene rings is 1. The highest BCUT2D eigenvalue weighted by atomic mass is 32.1. The zero-order valence-corrected chi connectivity index (χ0v) is 16.3. The lowest BCUT2D eigenvalue weighted by molar-refractivity contribution is -0.0881. The summed E-state index contributed by atoms with van der Waals surface area (Å²) >= 11 is 1.65. The minimum Gasteiger partial charge on any atom is -0.439 e. The fraction of sp³-hybridized carbons (Fsp3) is 0.364. The molecule has 7 rings (SSSR count). The molecule has 142 valence electrons. The summed E-state index contributed by atoms with van der Waals surface area (Å²) < 4.78 is 6.02. The molecule has 5 nitrogen and oxygen atoms in total. The lowest BCUT2D eigenvalue weighted by atomic mass is 9.75. The number of piperidine rings is 3. The number of anilines is 1. The number of ether oxygens (including phenoxy) is 1. The van der Waals surface area contributed by atoms with Gasteiger partial charge in [0.2, 0.25) is 0 Å². The largest absolute Gasteiger partial charge is 0.439 e. The third-order valence-corrected chi connectivity index (χ3v) is 7.67. The lowest BCUT2D eigenvalue weighted by Gasteiger charge is -2.49. The van der Waals surface area contributed by atoms with Crippen LogP contribution in [0.4, 0.5) is 9.80 Å². The van der Waals surface area contributed by atoms with E-state index in [1.54, 1.807) is 11.3 Å². The Morgan fingerprint density at radius 2 is 1.93 bits per heavy atom. The summed E-state index contributed by atoms with van der Waals surface area (Å²) in [4.78, 5) is 22.7. The van der Waals surface area contributed by atoms with E-state index in [1.807, 2.05) is 29.3 Å². The standard InChI is InChI=1S/C22H21N3O2S/c26-21-25(14-22(27-21)13-24-11-8-15(22)9-12-24)20-6-5-19(28-20)17-7-10-23-18-4-2-1-3-16(17)18/h1-7,10,15H,8-9,11-14H2/t22-/m1/s1. The maximum atomic E-state index is 12.8. The van der Waals surface area contributed by atoms with E-state index in [9.17, 15) is 4.79 Å². The van der Waals surface area contributed by atoms with Crippen molar-refractivity contribution in [2.24, 2.45) is 5.92 Å². The number of carbonyl (C=O) groups is 1. The van der Waals surface area contributed by atoms with E-state index in [0.29, 0.717) is 12.5 Å². The average molecular weight is 391 g/mol. The van der Waals surface area contributed by atoms with Gasteiger partial charge in [-0.15, -0.1) is 11.3 Å². The first kappa shape index (κ1) is 16.5. The van der Waals surface area contributed by atoms with Crippen molar-refractivity contribution in [1.29, 1.82) is 0 Å². The molecule has 6 heterocycles. The van der Waals surface area contributed by atoms with Crippen LogP contribution >= 0.6 is 11.3 Å². The van der Waals surface area contributed by atoms with Crippen molar-refractivity contribution < 1.29 is 9.53 Å². The highest BCUT2D eigenvalue weighted by Crippen LogP contribution is 2.45. The van der Waals surface area contributed by atoms with E-state index in [0.717, 1.165) is 58.8 Å². The van der Waals surface area contributed by atoms with Gasteiger partial charge in [-0.2, -0.15) is 0 Å². The van der Waals surface area contributed by atoms with Crippen LogP contribution in [0.3, 0.4) is 0 Å². The molecule has 1 spiro atoms. The molecule has 3 aromatic rings. The van der Waals surface area contributed by atoms with Crippen molar-refractivity contribution in [2.45, 2.75) is 18.4 Å². The van der Waals surface area contributed by atoms with Crippen LogP contribution in [-0.4, -0.2) is 47.8 Å². The lowest BCUT2D eigenvalue weighted by Crippen LogP contribution is -2.61. The van der Waals surface area contributed by atoms with E-state index in [4.69, 9.17) is 4.74 Å². The van der Waals surface area contributed by atoms with Crippen LogP contribution in [0.1, 0.15) is 12.8 Å². The summed E-state index contributed by atoms with van der Waals surface area (Å²) in [6.07, 6.45) is 3.94. The van der Waals surface area contributed by atoms with Crippen LogP contribution in [0.5, 0.6) is 0 Å². The highest BCUT2D eigenvalue weighted by Gasteiger charge is 2.55. The van der Waals surface area contributed by atoms with Gasteiger partial charge in [-0.1, -0.05) is 18.2 Å². The molecule has 0 saturated carbocycles. The summed E-state index contributed by atoms with van der Waals surface area (Å²) in [7, 11) is 0. The van der Waals surface area contributed by atoms with Crippen molar-refractivity contribution in [2.75, 3.05) is 31.1 Å². The molecule has 1 atom stereocenters. The van der Waals surface area contributed by atoms with Crippen LogP contribution in [0.25, 0.3) is 21.3 Å². The van der Waals surface area contributed by atoms with Crippen molar-refractivity contribution in [3.63, 3.8) is 0 Å². The van der Waals surface area contributed by atoms with Crippen molar-refractivity contribution in [3.8, 4) is 10.4 Å². The van der Waals surface area contributed by atoms with Gasteiger partial charge in [0.1, 0.15) is 10.6 Å². The molecule has 2 aromatic heterocycles. The first-order valence-electron chi connectivity index (χ1n) is 9.89. The molecule has 4 aliphatic rings. The molecule has 0 aliphatic carbocycles. The molecular weight excluding hydrogens is 370 g/mol. The average Bonchev–Trinajstić information content (AvgIpc) is 3.33. The molecule has 1 aromatic carbocycles. The van der Waals surface area contributed by atoms with Crippen LogP contribution in [-0.2, 0) is 4.74 Å². The van der Waals surface area contributed by atoms with Gasteiger partial charge in [-0.3, -0.25) is 14.8 Å². The van der Waals surface area contributed by atoms with E-state index >= 15 is 0 Å². The van der Waals surface area contributed by atoms with Gasteiger partial charge < -0.3 is 4.74 Å². The van der Waals surface area contributed by atoms with Crippen molar-refractivity contribution in [1.82, 2.24) is 9.88 Å². The maximum Gasteiger partial charge on any atom is 0.415 e. The summed E-state index contributed by atoms with van der Waals surface area (Å²) in [6.45, 7) is 3.83. The van der Waals surface area contributed by atoms with Gasteiger partial charge in [-0.25, -0.2) is 4.79 Å². The summed E-state index contributed by atoms with van der Waals surface area (Å²) in [5, 5.41) is 2.10. The number of nitrogens with zero attached hydrogens (tertiary/aromatic N) is 3. The number of carbonyl (C=O) groups excluding carboxylic acids is 1. The number of aromatic nitrogens is 1. The molecular formula is C22H21N3O2S. The predicted octanol–water partition coefficient (Wildman–Crippen LogP) is 4.38. The number of fused-ring (bicyclic) bond motifs is 3. The number of pyridine rings is 1. The number of para-hydroxylation sites is 1. The van der Waals surface area contributed by atoms with Gasteiger partial charge in [0.15, 0.2) is 0 Å². The Balaban J connectivity index is 1.33. The third kappa shape index (κ3) is 2.41. The van der Waals surface area contributed by atoms with Gasteiger partial charge in [0, 0.05) is 34.5 Å². The topological polar surface area (TPSA) is 45.7 Å². The number of amides is 1. The van der Waals surface area contributed by atoms with Gasteiger partial charge in [0.05, 0.1) is 12.1 Å². The second-order valence-corrected chi connectivity index (χ2v) is 9.15. The minimum absolute atomic E-state index is 0.193. The molecule has 4 aliphatic heterocycles. The third-order valence-electron chi connectivity index (χ3n) is 6.53. The monoisotopic (exact) mass is 391 g/mol. The Morgan fingerprint density at radius 3 is 2.75 bits per heavy atom. The van der Waals surface area contributed by atoms with Crippen molar-refractivity contribution >= 4 is 33.3 Å². The Hall–Kier alpha value is -2.44. The molecule has 28 heavy (non-hydrogen) atoms. The first-order valence-corrected chi connectivity index (χ1v) is 10.7. The smallest absolute Gasteiger partial charge is 0.415 e. The maximum absolute atomic E-state index is 12.8. The van der Waals surface area contributed by atoms with Crippen LogP contribution < -0.4 is 4.90 Å². The number of hydrogen-bond donors (Lipinski definition) is 0. The highest BCUT2D eigenvalue weighted by molar-refractivity contribution is 7.19. The molecule has 1 amide bonds. The van der Waals surface area contributed by atoms with Crippen LogP contribution in [0.2, 0.25) is 0 Å². The number of hydrogen-bond acceptors (Lipinski definition) is 5. The van der Waals surface area contributed by atoms with E-state index in [1.165, 1.54) is 0 Å². The second-order valence-electron chi connectivity index (χ2n) is 8.08. The molecule has 2 bridgehead atoms. The van der Waals surface area contributed by atoms with Gasteiger partial charge in [0.25, 0.3) is 0 Å². The quantitative estimate of drug-likeness (QED) is 0.650. The predicted molar refractivity (Wildman–Crippen MR) is 111 cm³/mol. The van der Waals surface area contributed by atoms with Crippen LogP contribution in [0, 0.1) is 5.92 Å². The fourth-order valence-electron chi connectivity index (χ4n) is 5.11. The van der Waals surface area contributed by atoms with Crippen LogP contribution in [0.15, 0.2) is 48.7 Å². The Morgan fingerprint density at radius 1 is 1.07 bits per heavy atom. The number of rotatable bonds is 2. The van der Waals surface area contributed by atoms with E-state index in [-0.39, 0.29) is 11.7 Å². The fourth-order valence-corrected chi connectivity index (χ4v) is 6.14. The summed E-state index contributed by atoms with van der Waals surface area (Å²) in [5.41, 5.74) is 1.83. The number of thiophene rings is 1. The normalized spacial score (nSPS) is 29.0. The molecule has 4 saturated heterocycles. The molecule has 0 N–H and O–H groups in total. The molecule has 4 fully saturated rings. The van der Waals surface area contributed by atoms with E-state index in [2.05, 4.69) is 34.1 Å². The summed E-state index contributed by atoms with van der Waals surface area (Å²) in [5.74, 6) is 0.495. The van der Waals surface area contributed by atoms with Crippen molar-refractivity contribution in [3.05, 3.63) is 48.7 Å². The molecule has 6 heteroatoms. The zero-order chi connectivity index (χ0) is 18.7. The van der Waals surface area contributed by atoms with Gasteiger partial charge >= 0.3 is 6.09 Å². The summed E-state index contributed by atoms with van der Waals surface area (Å²) in [6, 6.07) is 14.4. The Bertz CT molecular complexity index is 1070. The minimum atomic E-state index is -0.318. The first-order chi connectivity index (χ1) is 13.7. The molecule has 0 radical (unpaired) electrons. The SMILES string of the molecule is O=C1O[C@]2(CN3CCC2CC3)CN1c1ccc(-c2ccnc3ccccc23)s1. The molecule has 0 unspecified atom stereocenters. The van der Waals surface area contributed by atoms with E-state index < -0.39 is 0 Å². The second kappa shape index (κ2) is 6.03. The Kier molecular flexibility index (Phi) is 3.55. The zero-order valence-electron chi connectivity index (χ0n) is 15.5. The van der Waals surface area contributed by atoms with Gasteiger partial charge in [-0.05, 0) is 50.2 Å².